The van der Waals surface area contributed by atoms with Crippen molar-refractivity contribution in [2.75, 3.05) is 19.6 Å². The highest BCUT2D eigenvalue weighted by atomic mass is 16.4. The van der Waals surface area contributed by atoms with Gasteiger partial charge in [0.2, 0.25) is 5.91 Å². The number of carbonyl (C=O) groups excluding carboxylic acids is 1. The number of carbonyl (C=O) groups is 2. The fraction of sp³-hybridized carbons (Fsp3) is 0.846. The van der Waals surface area contributed by atoms with Crippen LogP contribution in [0.4, 0.5) is 0 Å². The lowest BCUT2D eigenvalue weighted by Gasteiger charge is -2.23. The maximum absolute atomic E-state index is 11.8. The van der Waals surface area contributed by atoms with E-state index in [-0.39, 0.29) is 5.91 Å². The number of nitrogens with zero attached hydrogens (tertiary/aromatic N) is 1. The Labute approximate surface area is 109 Å². The molecule has 0 aromatic rings. The molecule has 0 heterocycles. The van der Waals surface area contributed by atoms with Crippen molar-refractivity contribution in [1.82, 2.24) is 10.2 Å². The standard InChI is InChI=1S/C13H24N2O3/c1-3-15(8-10(2)13(17)18)9-12(16)14-11-6-4-5-7-11/h10-11H,3-9H2,1-2H3,(H,14,16)(H,17,18). The molecule has 104 valence electrons. The summed E-state index contributed by atoms with van der Waals surface area (Å²) >= 11 is 0. The summed E-state index contributed by atoms with van der Waals surface area (Å²) in [5, 5.41) is 11.9. The molecule has 18 heavy (non-hydrogen) atoms. The minimum Gasteiger partial charge on any atom is -0.481 e. The first-order valence-corrected chi connectivity index (χ1v) is 6.77. The summed E-state index contributed by atoms with van der Waals surface area (Å²) in [4.78, 5) is 24.5. The van der Waals surface area contributed by atoms with Crippen molar-refractivity contribution in [1.29, 1.82) is 0 Å². The number of nitrogens with one attached hydrogen (secondary N) is 1. The number of aliphatic carboxylic acids is 1. The number of likely N-dealkylation sites (N-methyl/N-ethyl adjacent to an activating group) is 1. The van der Waals surface area contributed by atoms with Crippen molar-refractivity contribution in [3.05, 3.63) is 0 Å². The highest BCUT2D eigenvalue weighted by Gasteiger charge is 2.20. The van der Waals surface area contributed by atoms with Crippen molar-refractivity contribution >= 4 is 11.9 Å². The Morgan fingerprint density at radius 3 is 2.50 bits per heavy atom. The number of rotatable bonds is 7. The van der Waals surface area contributed by atoms with Gasteiger partial charge in [0.15, 0.2) is 0 Å². The molecule has 1 fully saturated rings. The van der Waals surface area contributed by atoms with Gasteiger partial charge in [0, 0.05) is 12.6 Å². The molecular weight excluding hydrogens is 232 g/mol. The first-order valence-electron chi connectivity index (χ1n) is 6.77. The molecule has 0 aliphatic heterocycles. The van der Waals surface area contributed by atoms with Gasteiger partial charge >= 0.3 is 5.97 Å². The third-order valence-electron chi connectivity index (χ3n) is 3.49. The van der Waals surface area contributed by atoms with E-state index in [1.54, 1.807) is 6.92 Å². The molecular formula is C13H24N2O3. The van der Waals surface area contributed by atoms with Crippen LogP contribution in [0.5, 0.6) is 0 Å². The minimum absolute atomic E-state index is 0.0151. The highest BCUT2D eigenvalue weighted by molar-refractivity contribution is 5.78. The van der Waals surface area contributed by atoms with Gasteiger partial charge in [0.05, 0.1) is 12.5 Å². The SMILES string of the molecule is CCN(CC(=O)NC1CCCC1)CC(C)C(=O)O. The predicted molar refractivity (Wildman–Crippen MR) is 69.3 cm³/mol. The Kier molecular flexibility index (Phi) is 6.12. The van der Waals surface area contributed by atoms with Gasteiger partial charge in [-0.05, 0) is 19.4 Å². The zero-order valence-corrected chi connectivity index (χ0v) is 11.3. The molecule has 1 aliphatic carbocycles. The van der Waals surface area contributed by atoms with E-state index in [0.717, 1.165) is 12.8 Å². The topological polar surface area (TPSA) is 69.6 Å². The summed E-state index contributed by atoms with van der Waals surface area (Å²) in [6.07, 6.45) is 4.53. The van der Waals surface area contributed by atoms with Gasteiger partial charge in [-0.25, -0.2) is 0 Å². The first kappa shape index (κ1) is 15.0. The molecule has 1 rings (SSSR count). The van der Waals surface area contributed by atoms with Crippen molar-refractivity contribution < 1.29 is 14.7 Å². The monoisotopic (exact) mass is 256 g/mol. The third-order valence-corrected chi connectivity index (χ3v) is 3.49. The Hall–Kier alpha value is -1.10. The second-order valence-electron chi connectivity index (χ2n) is 5.12. The maximum atomic E-state index is 11.8. The van der Waals surface area contributed by atoms with E-state index in [1.165, 1.54) is 12.8 Å². The van der Waals surface area contributed by atoms with Crippen molar-refractivity contribution in [2.24, 2.45) is 5.92 Å². The maximum Gasteiger partial charge on any atom is 0.307 e. The van der Waals surface area contributed by atoms with Gasteiger partial charge in [-0.2, -0.15) is 0 Å². The number of amides is 1. The van der Waals surface area contributed by atoms with Crippen LogP contribution in [0.25, 0.3) is 0 Å². The van der Waals surface area contributed by atoms with Crippen LogP contribution in [0.2, 0.25) is 0 Å². The van der Waals surface area contributed by atoms with Gasteiger partial charge < -0.3 is 10.4 Å². The second kappa shape index (κ2) is 7.36. The Morgan fingerprint density at radius 2 is 2.00 bits per heavy atom. The molecule has 0 aromatic heterocycles. The normalized spacial score (nSPS) is 17.9. The van der Waals surface area contributed by atoms with Crippen LogP contribution in [0, 0.1) is 5.92 Å². The smallest absolute Gasteiger partial charge is 0.307 e. The highest BCUT2D eigenvalue weighted by Crippen LogP contribution is 2.17. The average molecular weight is 256 g/mol. The molecule has 1 amide bonds. The Bertz CT molecular complexity index is 288. The van der Waals surface area contributed by atoms with E-state index in [9.17, 15) is 9.59 Å². The van der Waals surface area contributed by atoms with E-state index in [2.05, 4.69) is 5.32 Å². The molecule has 1 aliphatic rings. The number of carboxylic acids is 1. The van der Waals surface area contributed by atoms with E-state index >= 15 is 0 Å². The van der Waals surface area contributed by atoms with Crippen LogP contribution >= 0.6 is 0 Å². The Morgan fingerprint density at radius 1 is 1.39 bits per heavy atom. The van der Waals surface area contributed by atoms with Gasteiger partial charge in [-0.3, -0.25) is 14.5 Å². The minimum atomic E-state index is -0.815. The van der Waals surface area contributed by atoms with Gasteiger partial charge in [0.25, 0.3) is 0 Å². The summed E-state index contributed by atoms with van der Waals surface area (Å²) < 4.78 is 0. The summed E-state index contributed by atoms with van der Waals surface area (Å²) in [5.41, 5.74) is 0. The second-order valence-corrected chi connectivity index (χ2v) is 5.12. The molecule has 0 radical (unpaired) electrons. The van der Waals surface area contributed by atoms with Gasteiger partial charge in [0.1, 0.15) is 0 Å². The largest absolute Gasteiger partial charge is 0.481 e. The lowest BCUT2D eigenvalue weighted by Crippen LogP contribution is -2.43. The molecule has 0 aromatic carbocycles. The van der Waals surface area contributed by atoms with Gasteiger partial charge in [-0.1, -0.05) is 26.7 Å². The number of hydrogen-bond acceptors (Lipinski definition) is 3. The molecule has 5 heteroatoms. The first-order chi connectivity index (χ1) is 8.52. The fourth-order valence-corrected chi connectivity index (χ4v) is 2.32. The molecule has 2 N–H and O–H groups in total. The molecule has 1 saturated carbocycles. The van der Waals surface area contributed by atoms with Crippen LogP contribution in [0.3, 0.4) is 0 Å². The Balaban J connectivity index is 2.32. The third kappa shape index (κ3) is 5.04. The van der Waals surface area contributed by atoms with Crippen molar-refractivity contribution in [2.45, 2.75) is 45.6 Å². The zero-order valence-electron chi connectivity index (χ0n) is 11.3. The predicted octanol–water partition coefficient (Wildman–Crippen LogP) is 1.09. The summed E-state index contributed by atoms with van der Waals surface area (Å²) in [5.74, 6) is -1.24. The van der Waals surface area contributed by atoms with E-state index in [1.807, 2.05) is 11.8 Å². The van der Waals surface area contributed by atoms with Crippen LogP contribution < -0.4 is 5.32 Å². The van der Waals surface area contributed by atoms with Crippen LogP contribution in [0.1, 0.15) is 39.5 Å². The average Bonchev–Trinajstić information content (AvgIpc) is 2.80. The lowest BCUT2D eigenvalue weighted by molar-refractivity contribution is -0.142. The molecule has 1 unspecified atom stereocenters. The molecule has 5 nitrogen and oxygen atoms in total. The number of hydrogen-bond donors (Lipinski definition) is 2. The molecule has 1 atom stereocenters. The van der Waals surface area contributed by atoms with Crippen LogP contribution in [-0.4, -0.2) is 47.6 Å². The zero-order chi connectivity index (χ0) is 13.5. The van der Waals surface area contributed by atoms with E-state index < -0.39 is 11.9 Å². The molecule has 0 spiro atoms. The van der Waals surface area contributed by atoms with Crippen molar-refractivity contribution in [3.8, 4) is 0 Å². The number of carboxylic acid groups (broad SMARTS) is 1. The van der Waals surface area contributed by atoms with E-state index in [0.29, 0.717) is 25.7 Å². The molecule has 0 saturated heterocycles. The quantitative estimate of drug-likeness (QED) is 0.715. The summed E-state index contributed by atoms with van der Waals surface area (Å²) in [7, 11) is 0. The van der Waals surface area contributed by atoms with Crippen LogP contribution in [0.15, 0.2) is 0 Å². The lowest BCUT2D eigenvalue weighted by atomic mass is 10.1. The summed E-state index contributed by atoms with van der Waals surface area (Å²) in [6.45, 7) is 5.02. The summed E-state index contributed by atoms with van der Waals surface area (Å²) in [6, 6.07) is 0.327. The van der Waals surface area contributed by atoms with E-state index in [4.69, 9.17) is 5.11 Å². The van der Waals surface area contributed by atoms with Crippen molar-refractivity contribution in [3.63, 3.8) is 0 Å². The van der Waals surface area contributed by atoms with Gasteiger partial charge in [-0.15, -0.1) is 0 Å². The fourth-order valence-electron chi connectivity index (χ4n) is 2.32. The van der Waals surface area contributed by atoms with Crippen LogP contribution in [-0.2, 0) is 9.59 Å². The molecule has 0 bridgehead atoms.